The third kappa shape index (κ3) is 1.24. The molecule has 0 saturated heterocycles. The Morgan fingerprint density at radius 2 is 1.68 bits per heavy atom. The number of Topliss-reactive ketones (excluding diaryl/α,β-unsaturated/α-hetero) is 2. The molecule has 2 aromatic rings. The maximum Gasteiger partial charge on any atom is 0.197 e. The fourth-order valence-electron chi connectivity index (χ4n) is 2.86. The number of hydrogen-bond donors (Lipinski definition) is 0. The summed E-state index contributed by atoms with van der Waals surface area (Å²) in [6.07, 6.45) is 1.96. The van der Waals surface area contributed by atoms with Crippen LogP contribution in [0, 0.1) is 0 Å². The molecule has 0 unspecified atom stereocenters. The van der Waals surface area contributed by atoms with E-state index >= 15 is 0 Å². The second kappa shape index (κ2) is 3.48. The lowest BCUT2D eigenvalue weighted by atomic mass is 9.88. The first-order valence-corrected chi connectivity index (χ1v) is 6.13. The van der Waals surface area contributed by atoms with Crippen molar-refractivity contribution >= 4 is 17.1 Å². The minimum absolute atomic E-state index is 0.100. The Morgan fingerprint density at radius 3 is 2.53 bits per heavy atom. The lowest BCUT2D eigenvalue weighted by molar-refractivity contribution is -0.114. The summed E-state index contributed by atoms with van der Waals surface area (Å²) in [6.45, 7) is 0. The number of rotatable bonds is 0. The van der Waals surface area contributed by atoms with E-state index < -0.39 is 0 Å². The summed E-state index contributed by atoms with van der Waals surface area (Å²) in [7, 11) is 0. The number of benzene rings is 1. The fraction of sp³-hybridized carbons (Fsp3) is 0.0625. The van der Waals surface area contributed by atoms with Gasteiger partial charge in [-0.2, -0.15) is 0 Å². The smallest absolute Gasteiger partial charge is 0.197 e. The van der Waals surface area contributed by atoms with Crippen LogP contribution in [0.4, 0.5) is 0 Å². The van der Waals surface area contributed by atoms with E-state index in [9.17, 15) is 9.59 Å². The van der Waals surface area contributed by atoms with Crippen LogP contribution in [0.1, 0.15) is 27.2 Å². The lowest BCUT2D eigenvalue weighted by Crippen LogP contribution is -2.18. The van der Waals surface area contributed by atoms with Gasteiger partial charge in [0.1, 0.15) is 0 Å². The van der Waals surface area contributed by atoms with Gasteiger partial charge in [-0.25, -0.2) is 0 Å². The maximum atomic E-state index is 12.3. The molecule has 0 amide bonds. The molecule has 0 fully saturated rings. The van der Waals surface area contributed by atoms with Gasteiger partial charge in [-0.05, 0) is 17.2 Å². The van der Waals surface area contributed by atoms with E-state index in [1.807, 2.05) is 30.3 Å². The van der Waals surface area contributed by atoms with Crippen molar-refractivity contribution in [2.45, 2.75) is 6.42 Å². The summed E-state index contributed by atoms with van der Waals surface area (Å²) in [6, 6.07) is 11.1. The molecule has 19 heavy (non-hydrogen) atoms. The van der Waals surface area contributed by atoms with Gasteiger partial charge in [0.15, 0.2) is 11.6 Å². The number of carbonyl (C=O) groups excluding carboxylic acids is 2. The molecule has 2 aliphatic rings. The van der Waals surface area contributed by atoms with Crippen LogP contribution in [0.25, 0.3) is 5.57 Å². The second-order valence-corrected chi connectivity index (χ2v) is 4.74. The van der Waals surface area contributed by atoms with Gasteiger partial charge in [0.2, 0.25) is 0 Å². The molecule has 2 aliphatic carbocycles. The third-order valence-electron chi connectivity index (χ3n) is 3.68. The highest BCUT2D eigenvalue weighted by Crippen LogP contribution is 2.41. The van der Waals surface area contributed by atoms with Gasteiger partial charge >= 0.3 is 0 Å². The molecule has 0 saturated carbocycles. The minimum Gasteiger partial charge on any atom is -0.294 e. The van der Waals surface area contributed by atoms with Crippen molar-refractivity contribution in [2.75, 3.05) is 0 Å². The highest BCUT2D eigenvalue weighted by atomic mass is 16.1. The molecule has 0 atom stereocenters. The quantitative estimate of drug-likeness (QED) is 0.670. The number of allylic oxidation sites excluding steroid dienone is 1. The van der Waals surface area contributed by atoms with Crippen molar-refractivity contribution in [3.8, 4) is 0 Å². The van der Waals surface area contributed by atoms with Crippen LogP contribution in [-0.4, -0.2) is 16.6 Å². The van der Waals surface area contributed by atoms with Crippen LogP contribution < -0.4 is 0 Å². The molecule has 4 rings (SSSR count). The Bertz CT molecular complexity index is 787. The van der Waals surface area contributed by atoms with E-state index in [1.165, 1.54) is 0 Å². The van der Waals surface area contributed by atoms with E-state index in [4.69, 9.17) is 0 Å². The molecule has 1 aromatic heterocycles. The summed E-state index contributed by atoms with van der Waals surface area (Å²) in [5, 5.41) is 0. The first-order valence-electron chi connectivity index (χ1n) is 6.13. The third-order valence-corrected chi connectivity index (χ3v) is 3.68. The molecule has 90 valence electrons. The van der Waals surface area contributed by atoms with E-state index in [2.05, 4.69) is 4.98 Å². The average Bonchev–Trinajstić information content (AvgIpc) is 2.74. The van der Waals surface area contributed by atoms with Crippen LogP contribution >= 0.6 is 0 Å². The van der Waals surface area contributed by atoms with Crippen LogP contribution in [-0.2, 0) is 11.2 Å². The van der Waals surface area contributed by atoms with E-state index in [0.717, 1.165) is 16.8 Å². The molecule has 1 aromatic carbocycles. The van der Waals surface area contributed by atoms with Crippen molar-refractivity contribution in [1.29, 1.82) is 0 Å². The highest BCUT2D eigenvalue weighted by molar-refractivity contribution is 6.37. The Labute approximate surface area is 109 Å². The predicted molar refractivity (Wildman–Crippen MR) is 69.7 cm³/mol. The molecular weight excluding hydrogens is 238 g/mol. The zero-order valence-electron chi connectivity index (χ0n) is 10.0. The van der Waals surface area contributed by atoms with Gasteiger partial charge in [0.25, 0.3) is 0 Å². The molecule has 3 nitrogen and oxygen atoms in total. The second-order valence-electron chi connectivity index (χ2n) is 4.74. The van der Waals surface area contributed by atoms with Crippen molar-refractivity contribution in [3.63, 3.8) is 0 Å². The van der Waals surface area contributed by atoms with E-state index in [0.29, 0.717) is 16.7 Å². The largest absolute Gasteiger partial charge is 0.294 e. The van der Waals surface area contributed by atoms with Gasteiger partial charge in [-0.3, -0.25) is 14.6 Å². The number of ketones is 2. The molecule has 0 N–H and O–H groups in total. The van der Waals surface area contributed by atoms with Crippen LogP contribution in [0.2, 0.25) is 0 Å². The summed E-state index contributed by atoms with van der Waals surface area (Å²) in [5.74, 6) is -0.261. The molecule has 0 spiro atoms. The number of pyridine rings is 1. The first kappa shape index (κ1) is 10.4. The fourth-order valence-corrected chi connectivity index (χ4v) is 2.86. The molecule has 0 radical (unpaired) electrons. The van der Waals surface area contributed by atoms with Gasteiger partial charge in [-0.1, -0.05) is 30.3 Å². The Hall–Kier alpha value is -2.55. The summed E-state index contributed by atoms with van der Waals surface area (Å²) in [5.41, 5.74) is 4.14. The molecule has 3 heteroatoms. The highest BCUT2D eigenvalue weighted by Gasteiger charge is 2.38. The zero-order chi connectivity index (χ0) is 13.0. The lowest BCUT2D eigenvalue weighted by Gasteiger charge is -2.16. The van der Waals surface area contributed by atoms with Gasteiger partial charge in [-0.15, -0.1) is 0 Å². The predicted octanol–water partition coefficient (Wildman–Crippen LogP) is 2.21. The van der Waals surface area contributed by atoms with Crippen molar-refractivity contribution < 1.29 is 9.59 Å². The first-order chi connectivity index (χ1) is 9.27. The minimum atomic E-state index is -0.160. The Morgan fingerprint density at radius 1 is 0.895 bits per heavy atom. The number of fused-ring (bicyclic) bond motifs is 4. The normalized spacial score (nSPS) is 16.2. The SMILES string of the molecule is O=C1Cc2cccnc2C2=C1C(=O)c1ccccc12. The summed E-state index contributed by atoms with van der Waals surface area (Å²) >= 11 is 0. The number of aromatic nitrogens is 1. The Balaban J connectivity index is 2.11. The zero-order valence-corrected chi connectivity index (χ0v) is 10.0. The van der Waals surface area contributed by atoms with Gasteiger partial charge in [0, 0.05) is 23.8 Å². The van der Waals surface area contributed by atoms with E-state index in [-0.39, 0.29) is 18.0 Å². The summed E-state index contributed by atoms with van der Waals surface area (Å²) < 4.78 is 0. The molecule has 0 bridgehead atoms. The van der Waals surface area contributed by atoms with Crippen molar-refractivity contribution in [2.24, 2.45) is 0 Å². The van der Waals surface area contributed by atoms with Gasteiger partial charge in [0.05, 0.1) is 11.3 Å². The van der Waals surface area contributed by atoms with Crippen molar-refractivity contribution in [3.05, 3.63) is 70.6 Å². The topological polar surface area (TPSA) is 47.0 Å². The monoisotopic (exact) mass is 247 g/mol. The van der Waals surface area contributed by atoms with Crippen LogP contribution in [0.15, 0.2) is 48.2 Å². The van der Waals surface area contributed by atoms with Gasteiger partial charge < -0.3 is 0 Å². The number of nitrogens with zero attached hydrogens (tertiary/aromatic N) is 1. The molecule has 1 heterocycles. The van der Waals surface area contributed by atoms with E-state index in [1.54, 1.807) is 12.3 Å². The average molecular weight is 247 g/mol. The maximum absolute atomic E-state index is 12.3. The number of hydrogen-bond acceptors (Lipinski definition) is 3. The van der Waals surface area contributed by atoms with Crippen LogP contribution in [0.3, 0.4) is 0 Å². The molecular formula is C16H9NO2. The standard InChI is InChI=1S/C16H9NO2/c18-12-8-9-4-3-7-17-15(9)13-10-5-1-2-6-11(10)16(19)14(12)13/h1-7H,8H2. The Kier molecular flexibility index (Phi) is 1.90. The van der Waals surface area contributed by atoms with Crippen molar-refractivity contribution in [1.82, 2.24) is 4.98 Å². The summed E-state index contributed by atoms with van der Waals surface area (Å²) in [4.78, 5) is 28.9. The molecule has 0 aliphatic heterocycles. The number of carbonyl (C=O) groups is 2. The van der Waals surface area contributed by atoms with Crippen LogP contribution in [0.5, 0.6) is 0 Å².